The zero-order valence-electron chi connectivity index (χ0n) is 17.7. The van der Waals surface area contributed by atoms with Gasteiger partial charge in [0.1, 0.15) is 0 Å². The molecule has 3 aromatic rings. The minimum atomic E-state index is -0.109. The lowest BCUT2D eigenvalue weighted by molar-refractivity contribution is 0.349. The van der Waals surface area contributed by atoms with Gasteiger partial charge >= 0.3 is 0 Å². The highest BCUT2D eigenvalue weighted by Gasteiger charge is 2.23. The van der Waals surface area contributed by atoms with Crippen molar-refractivity contribution < 1.29 is 0 Å². The van der Waals surface area contributed by atoms with Crippen molar-refractivity contribution in [2.45, 2.75) is 52.5 Å². The molecular formula is C23H29N5O. The van der Waals surface area contributed by atoms with Gasteiger partial charge in [0.05, 0.1) is 28.7 Å². The van der Waals surface area contributed by atoms with Crippen molar-refractivity contribution in [3.63, 3.8) is 0 Å². The SMILES string of the molecule is Cc1nc2ccccc2nc1N1CCC(Cn2cnc(C(C)(C)C)cc2=O)CC1. The third kappa shape index (κ3) is 4.16. The van der Waals surface area contributed by atoms with E-state index in [4.69, 9.17) is 9.97 Å². The van der Waals surface area contributed by atoms with Crippen LogP contribution in [-0.4, -0.2) is 32.6 Å². The van der Waals surface area contributed by atoms with E-state index in [1.54, 1.807) is 17.0 Å². The molecule has 1 saturated heterocycles. The number of rotatable bonds is 3. The number of aromatic nitrogens is 4. The summed E-state index contributed by atoms with van der Waals surface area (Å²) in [5.74, 6) is 1.45. The van der Waals surface area contributed by atoms with E-state index in [-0.39, 0.29) is 11.0 Å². The summed E-state index contributed by atoms with van der Waals surface area (Å²) in [5, 5.41) is 0. The molecule has 0 radical (unpaired) electrons. The maximum absolute atomic E-state index is 12.5. The molecule has 1 fully saturated rings. The first-order chi connectivity index (χ1) is 13.8. The Balaban J connectivity index is 1.44. The van der Waals surface area contributed by atoms with Crippen LogP contribution in [-0.2, 0) is 12.0 Å². The van der Waals surface area contributed by atoms with Gasteiger partial charge in [-0.3, -0.25) is 9.36 Å². The summed E-state index contributed by atoms with van der Waals surface area (Å²) in [5.41, 5.74) is 3.63. The molecule has 1 aliphatic rings. The van der Waals surface area contributed by atoms with Crippen molar-refractivity contribution in [1.82, 2.24) is 19.5 Å². The van der Waals surface area contributed by atoms with Gasteiger partial charge in [0, 0.05) is 31.1 Å². The summed E-state index contributed by atoms with van der Waals surface area (Å²) in [6, 6.07) is 9.69. The predicted molar refractivity (Wildman–Crippen MR) is 116 cm³/mol. The Morgan fingerprint density at radius 1 is 1.07 bits per heavy atom. The number of benzene rings is 1. The van der Waals surface area contributed by atoms with Gasteiger partial charge in [-0.1, -0.05) is 32.9 Å². The fourth-order valence-corrected chi connectivity index (χ4v) is 3.96. The Labute approximate surface area is 171 Å². The number of hydrogen-bond acceptors (Lipinski definition) is 5. The number of aryl methyl sites for hydroxylation is 1. The molecule has 6 heteroatoms. The highest BCUT2D eigenvalue weighted by Crippen LogP contribution is 2.26. The molecular weight excluding hydrogens is 362 g/mol. The molecule has 0 amide bonds. The van der Waals surface area contributed by atoms with E-state index in [1.165, 1.54) is 0 Å². The molecule has 0 bridgehead atoms. The standard InChI is InChI=1S/C23H29N5O/c1-16-22(26-19-8-6-5-7-18(19)25-16)27-11-9-17(10-12-27)14-28-15-24-20(13-21(28)29)23(2,3)4/h5-8,13,15,17H,9-12,14H2,1-4H3. The zero-order chi connectivity index (χ0) is 20.6. The molecule has 0 aliphatic carbocycles. The summed E-state index contributed by atoms with van der Waals surface area (Å²) in [6.07, 6.45) is 3.77. The molecule has 4 rings (SSSR count). The molecule has 0 atom stereocenters. The zero-order valence-corrected chi connectivity index (χ0v) is 17.7. The van der Waals surface area contributed by atoms with Crippen molar-refractivity contribution in [2.75, 3.05) is 18.0 Å². The fourth-order valence-electron chi connectivity index (χ4n) is 3.96. The van der Waals surface area contributed by atoms with Crippen molar-refractivity contribution in [3.05, 3.63) is 58.4 Å². The van der Waals surface area contributed by atoms with Crippen LogP contribution in [0.1, 0.15) is 45.0 Å². The highest BCUT2D eigenvalue weighted by molar-refractivity contribution is 5.76. The summed E-state index contributed by atoms with van der Waals surface area (Å²) in [6.45, 7) is 10.8. The van der Waals surface area contributed by atoms with Gasteiger partial charge in [-0.2, -0.15) is 0 Å². The molecule has 2 aromatic heterocycles. The van der Waals surface area contributed by atoms with Gasteiger partial charge < -0.3 is 4.90 Å². The Bertz CT molecular complexity index is 1070. The lowest BCUT2D eigenvalue weighted by Gasteiger charge is -2.33. The smallest absolute Gasteiger partial charge is 0.253 e. The Morgan fingerprint density at radius 2 is 1.72 bits per heavy atom. The number of anilines is 1. The Morgan fingerprint density at radius 3 is 2.34 bits per heavy atom. The van der Waals surface area contributed by atoms with Crippen LogP contribution in [0.25, 0.3) is 11.0 Å². The van der Waals surface area contributed by atoms with E-state index in [2.05, 4.69) is 30.7 Å². The van der Waals surface area contributed by atoms with Gasteiger partial charge in [-0.15, -0.1) is 0 Å². The molecule has 152 valence electrons. The first-order valence-corrected chi connectivity index (χ1v) is 10.4. The third-order valence-corrected chi connectivity index (χ3v) is 5.74. The van der Waals surface area contributed by atoms with E-state index in [1.807, 2.05) is 31.2 Å². The van der Waals surface area contributed by atoms with Crippen molar-refractivity contribution in [1.29, 1.82) is 0 Å². The molecule has 29 heavy (non-hydrogen) atoms. The van der Waals surface area contributed by atoms with E-state index in [0.717, 1.165) is 60.7 Å². The van der Waals surface area contributed by atoms with E-state index < -0.39 is 0 Å². The van der Waals surface area contributed by atoms with Crippen LogP contribution in [0.2, 0.25) is 0 Å². The second-order valence-corrected chi connectivity index (χ2v) is 9.07. The minimum absolute atomic E-state index is 0.0450. The lowest BCUT2D eigenvalue weighted by atomic mass is 9.92. The second-order valence-electron chi connectivity index (χ2n) is 9.07. The van der Waals surface area contributed by atoms with E-state index in [0.29, 0.717) is 5.92 Å². The summed E-state index contributed by atoms with van der Waals surface area (Å²) >= 11 is 0. The number of fused-ring (bicyclic) bond motifs is 1. The molecule has 3 heterocycles. The van der Waals surface area contributed by atoms with Crippen LogP contribution in [0, 0.1) is 12.8 Å². The summed E-state index contributed by atoms with van der Waals surface area (Å²) in [7, 11) is 0. The Hall–Kier alpha value is -2.76. The van der Waals surface area contributed by atoms with Gasteiger partial charge in [0.2, 0.25) is 0 Å². The van der Waals surface area contributed by atoms with Gasteiger partial charge in [-0.25, -0.2) is 15.0 Å². The van der Waals surface area contributed by atoms with E-state index >= 15 is 0 Å². The van der Waals surface area contributed by atoms with Crippen LogP contribution in [0.3, 0.4) is 0 Å². The van der Waals surface area contributed by atoms with Crippen molar-refractivity contribution in [3.8, 4) is 0 Å². The summed E-state index contributed by atoms with van der Waals surface area (Å²) in [4.78, 5) is 28.9. The number of para-hydroxylation sites is 2. The average molecular weight is 392 g/mol. The number of nitrogens with zero attached hydrogens (tertiary/aromatic N) is 5. The van der Waals surface area contributed by atoms with Crippen molar-refractivity contribution >= 4 is 16.9 Å². The van der Waals surface area contributed by atoms with Crippen LogP contribution >= 0.6 is 0 Å². The quantitative estimate of drug-likeness (QED) is 0.681. The number of hydrogen-bond donors (Lipinski definition) is 0. The summed E-state index contributed by atoms with van der Waals surface area (Å²) < 4.78 is 1.76. The predicted octanol–water partition coefficient (Wildman–Crippen LogP) is 3.71. The maximum atomic E-state index is 12.5. The molecule has 0 spiro atoms. The largest absolute Gasteiger partial charge is 0.355 e. The first-order valence-electron chi connectivity index (χ1n) is 10.4. The van der Waals surface area contributed by atoms with Crippen molar-refractivity contribution in [2.24, 2.45) is 5.92 Å². The Kier molecular flexibility index (Phi) is 5.11. The van der Waals surface area contributed by atoms with Crippen LogP contribution < -0.4 is 10.5 Å². The molecule has 1 aliphatic heterocycles. The topological polar surface area (TPSA) is 63.9 Å². The molecule has 0 unspecified atom stereocenters. The fraction of sp³-hybridized carbons (Fsp3) is 0.478. The number of piperidine rings is 1. The van der Waals surface area contributed by atoms with Gasteiger partial charge in [0.25, 0.3) is 5.56 Å². The van der Waals surface area contributed by atoms with Crippen LogP contribution in [0.15, 0.2) is 41.5 Å². The minimum Gasteiger partial charge on any atom is -0.355 e. The monoisotopic (exact) mass is 391 g/mol. The van der Waals surface area contributed by atoms with Gasteiger partial charge in [-0.05, 0) is 37.8 Å². The second kappa shape index (κ2) is 7.58. The highest BCUT2D eigenvalue weighted by atomic mass is 16.1. The first kappa shape index (κ1) is 19.6. The normalized spacial score (nSPS) is 15.8. The lowest BCUT2D eigenvalue weighted by Crippen LogP contribution is -2.37. The average Bonchev–Trinajstić information content (AvgIpc) is 2.69. The molecule has 0 saturated carbocycles. The molecule has 6 nitrogen and oxygen atoms in total. The third-order valence-electron chi connectivity index (χ3n) is 5.74. The molecule has 0 N–H and O–H groups in total. The van der Waals surface area contributed by atoms with Crippen LogP contribution in [0.5, 0.6) is 0 Å². The van der Waals surface area contributed by atoms with Gasteiger partial charge in [0.15, 0.2) is 5.82 Å². The van der Waals surface area contributed by atoms with Crippen LogP contribution in [0.4, 0.5) is 5.82 Å². The molecule has 1 aromatic carbocycles. The van der Waals surface area contributed by atoms with E-state index in [9.17, 15) is 4.79 Å². The maximum Gasteiger partial charge on any atom is 0.253 e.